The number of rotatable bonds is 6. The van der Waals surface area contributed by atoms with Crippen LogP contribution in [0.3, 0.4) is 0 Å². The van der Waals surface area contributed by atoms with Crippen LogP contribution in [0, 0.1) is 5.82 Å². The van der Waals surface area contributed by atoms with Crippen LogP contribution in [-0.4, -0.2) is 29.4 Å². The highest BCUT2D eigenvalue weighted by Gasteiger charge is 2.33. The first kappa shape index (κ1) is 19.0. The Hall–Kier alpha value is -3.35. The van der Waals surface area contributed by atoms with Crippen LogP contribution < -0.4 is 14.8 Å². The Bertz CT molecular complexity index is 1030. The van der Waals surface area contributed by atoms with Crippen molar-refractivity contribution in [3.05, 3.63) is 65.6 Å². The molecule has 150 valence electrons. The van der Waals surface area contributed by atoms with E-state index >= 15 is 0 Å². The van der Waals surface area contributed by atoms with E-state index in [9.17, 15) is 9.18 Å². The van der Waals surface area contributed by atoms with Crippen molar-refractivity contribution in [1.82, 2.24) is 9.78 Å². The van der Waals surface area contributed by atoms with E-state index < -0.39 is 0 Å². The van der Waals surface area contributed by atoms with Crippen LogP contribution in [0.15, 0.2) is 48.7 Å². The van der Waals surface area contributed by atoms with Gasteiger partial charge in [-0.2, -0.15) is 5.10 Å². The van der Waals surface area contributed by atoms with Crippen molar-refractivity contribution >= 4 is 11.7 Å². The number of aromatic nitrogens is 2. The van der Waals surface area contributed by atoms with Gasteiger partial charge in [0.15, 0.2) is 11.5 Å². The molecule has 0 aliphatic carbocycles. The average Bonchev–Trinajstić information content (AvgIpc) is 3.15. The predicted octanol–water partition coefficient (Wildman–Crippen LogP) is 4.28. The number of anilines is 1. The van der Waals surface area contributed by atoms with Crippen molar-refractivity contribution < 1.29 is 18.7 Å². The fraction of sp³-hybridized carbons (Fsp3) is 0.273. The van der Waals surface area contributed by atoms with Gasteiger partial charge in [-0.25, -0.2) is 9.07 Å². The molecule has 3 aromatic rings. The molecule has 2 aromatic carbocycles. The number of hydrogen-bond donors (Lipinski definition) is 1. The fourth-order valence-corrected chi connectivity index (χ4v) is 3.60. The summed E-state index contributed by atoms with van der Waals surface area (Å²) in [5.41, 5.74) is 2.43. The Morgan fingerprint density at radius 2 is 2.00 bits per heavy atom. The molecular formula is C22H22FN3O3. The monoisotopic (exact) mass is 395 g/mol. The molecular weight excluding hydrogens is 373 g/mol. The van der Waals surface area contributed by atoms with Crippen molar-refractivity contribution in [3.63, 3.8) is 0 Å². The van der Waals surface area contributed by atoms with Gasteiger partial charge >= 0.3 is 0 Å². The quantitative estimate of drug-likeness (QED) is 0.677. The number of ether oxygens (including phenoxy) is 2. The van der Waals surface area contributed by atoms with Crippen molar-refractivity contribution in [2.45, 2.75) is 25.7 Å². The van der Waals surface area contributed by atoms with Crippen LogP contribution in [-0.2, 0) is 4.79 Å². The fourth-order valence-electron chi connectivity index (χ4n) is 3.60. The van der Waals surface area contributed by atoms with Gasteiger partial charge in [0, 0.05) is 23.5 Å². The van der Waals surface area contributed by atoms with E-state index in [4.69, 9.17) is 9.47 Å². The van der Waals surface area contributed by atoms with Gasteiger partial charge in [0.05, 0.1) is 25.6 Å². The van der Waals surface area contributed by atoms with Gasteiger partial charge in [0.2, 0.25) is 5.91 Å². The highest BCUT2D eigenvalue weighted by atomic mass is 19.1. The molecule has 29 heavy (non-hydrogen) atoms. The third-order valence-electron chi connectivity index (χ3n) is 4.95. The summed E-state index contributed by atoms with van der Waals surface area (Å²) >= 11 is 0. The number of nitrogens with zero attached hydrogens (tertiary/aromatic N) is 2. The van der Waals surface area contributed by atoms with Crippen molar-refractivity contribution in [2.75, 3.05) is 19.0 Å². The second-order valence-corrected chi connectivity index (χ2v) is 6.87. The summed E-state index contributed by atoms with van der Waals surface area (Å²) in [5, 5.41) is 7.36. The molecule has 1 aliphatic rings. The lowest BCUT2D eigenvalue weighted by atomic mass is 9.86. The third-order valence-corrected chi connectivity index (χ3v) is 4.95. The summed E-state index contributed by atoms with van der Waals surface area (Å²) < 4.78 is 26.4. The Morgan fingerprint density at radius 1 is 1.21 bits per heavy atom. The zero-order valence-corrected chi connectivity index (χ0v) is 16.3. The number of nitrogens with one attached hydrogen (secondary N) is 1. The summed E-state index contributed by atoms with van der Waals surface area (Å²) in [6.45, 7) is 2.59. The number of para-hydroxylation sites is 1. The van der Waals surface area contributed by atoms with E-state index in [1.165, 1.54) is 12.1 Å². The Morgan fingerprint density at radius 3 is 2.72 bits per heavy atom. The summed E-state index contributed by atoms with van der Waals surface area (Å²) in [7, 11) is 1.60. The van der Waals surface area contributed by atoms with Crippen LogP contribution >= 0.6 is 0 Å². The molecule has 7 heteroatoms. The highest BCUT2D eigenvalue weighted by Crippen LogP contribution is 2.44. The summed E-state index contributed by atoms with van der Waals surface area (Å²) in [4.78, 5) is 12.5. The van der Waals surface area contributed by atoms with Crippen LogP contribution in [0.4, 0.5) is 10.2 Å². The van der Waals surface area contributed by atoms with Gasteiger partial charge in [-0.1, -0.05) is 19.1 Å². The van der Waals surface area contributed by atoms with Crippen LogP contribution in [0.5, 0.6) is 11.5 Å². The molecule has 0 saturated heterocycles. The minimum absolute atomic E-state index is 0.115. The van der Waals surface area contributed by atoms with E-state index in [-0.39, 0.29) is 24.1 Å². The second-order valence-electron chi connectivity index (χ2n) is 6.87. The van der Waals surface area contributed by atoms with Gasteiger partial charge < -0.3 is 14.8 Å². The van der Waals surface area contributed by atoms with Crippen molar-refractivity contribution in [3.8, 4) is 17.2 Å². The molecule has 0 radical (unpaired) electrons. The lowest BCUT2D eigenvalue weighted by Crippen LogP contribution is -2.25. The van der Waals surface area contributed by atoms with Gasteiger partial charge in [0.1, 0.15) is 11.6 Å². The van der Waals surface area contributed by atoms with Gasteiger partial charge in [-0.3, -0.25) is 4.79 Å². The molecule has 0 spiro atoms. The molecule has 0 fully saturated rings. The van der Waals surface area contributed by atoms with E-state index in [0.29, 0.717) is 29.6 Å². The zero-order valence-electron chi connectivity index (χ0n) is 16.3. The van der Waals surface area contributed by atoms with Gasteiger partial charge in [0.25, 0.3) is 0 Å². The van der Waals surface area contributed by atoms with Gasteiger partial charge in [-0.15, -0.1) is 0 Å². The Labute approximate surface area is 168 Å². The predicted molar refractivity (Wildman–Crippen MR) is 107 cm³/mol. The Balaban J connectivity index is 1.81. The molecule has 1 amide bonds. The largest absolute Gasteiger partial charge is 0.493 e. The maximum atomic E-state index is 13.3. The number of carbonyl (C=O) groups excluding carboxylic acids is 1. The first-order chi connectivity index (χ1) is 14.1. The average molecular weight is 395 g/mol. The lowest BCUT2D eigenvalue weighted by molar-refractivity contribution is -0.116. The standard InChI is InChI=1S/C22H22FN3O3/c1-3-11-29-21-16(5-4-6-19(21)28-2)17-12-20(27)25-22-18(17)13-24-26(22)15-9-7-14(23)8-10-15/h4-10,13,17H,3,11-12H2,1-2H3,(H,25,27). The second kappa shape index (κ2) is 7.95. The molecule has 0 saturated carbocycles. The Kier molecular flexibility index (Phi) is 5.20. The lowest BCUT2D eigenvalue weighted by Gasteiger charge is -2.26. The number of amides is 1. The minimum atomic E-state index is -0.328. The van der Waals surface area contributed by atoms with Crippen LogP contribution in [0.25, 0.3) is 5.69 Å². The highest BCUT2D eigenvalue weighted by molar-refractivity contribution is 5.94. The molecule has 1 aromatic heterocycles. The molecule has 2 heterocycles. The number of halogens is 1. The van der Waals surface area contributed by atoms with E-state index in [1.54, 1.807) is 30.1 Å². The van der Waals surface area contributed by atoms with Gasteiger partial charge in [-0.05, 0) is 36.8 Å². The minimum Gasteiger partial charge on any atom is -0.493 e. The first-order valence-corrected chi connectivity index (χ1v) is 9.55. The van der Waals surface area contributed by atoms with Crippen molar-refractivity contribution in [1.29, 1.82) is 0 Å². The molecule has 0 bridgehead atoms. The zero-order chi connectivity index (χ0) is 20.4. The third kappa shape index (κ3) is 3.55. The summed E-state index contributed by atoms with van der Waals surface area (Å²) in [5.74, 6) is 1.20. The molecule has 1 aliphatic heterocycles. The number of hydrogen-bond acceptors (Lipinski definition) is 4. The van der Waals surface area contributed by atoms with E-state index in [0.717, 1.165) is 17.5 Å². The summed E-state index contributed by atoms with van der Waals surface area (Å²) in [6, 6.07) is 11.7. The van der Waals surface area contributed by atoms with Crippen LogP contribution in [0.2, 0.25) is 0 Å². The van der Waals surface area contributed by atoms with Crippen molar-refractivity contribution in [2.24, 2.45) is 0 Å². The maximum absolute atomic E-state index is 13.3. The van der Waals surface area contributed by atoms with Crippen LogP contribution in [0.1, 0.15) is 36.8 Å². The summed E-state index contributed by atoms with van der Waals surface area (Å²) in [6.07, 6.45) is 2.88. The smallest absolute Gasteiger partial charge is 0.226 e. The maximum Gasteiger partial charge on any atom is 0.226 e. The topological polar surface area (TPSA) is 65.4 Å². The number of fused-ring (bicyclic) bond motifs is 1. The normalized spacial score (nSPS) is 15.6. The molecule has 4 rings (SSSR count). The number of methoxy groups -OCH3 is 1. The molecule has 1 unspecified atom stereocenters. The molecule has 1 N–H and O–H groups in total. The van der Waals surface area contributed by atoms with E-state index in [1.807, 2.05) is 25.1 Å². The number of benzene rings is 2. The SMILES string of the molecule is CCCOc1c(OC)cccc1C1CC(=O)Nc2c1cnn2-c1ccc(F)cc1. The first-order valence-electron chi connectivity index (χ1n) is 9.55. The molecule has 1 atom stereocenters. The van der Waals surface area contributed by atoms with E-state index in [2.05, 4.69) is 10.4 Å². The number of carbonyl (C=O) groups is 1. The molecule has 6 nitrogen and oxygen atoms in total.